The van der Waals surface area contributed by atoms with Crippen LogP contribution in [0.15, 0.2) is 18.2 Å². The summed E-state index contributed by atoms with van der Waals surface area (Å²) in [6.45, 7) is 7.89. The van der Waals surface area contributed by atoms with Gasteiger partial charge in [0.25, 0.3) is 0 Å². The normalized spacial score (nSPS) is 12.4. The zero-order valence-corrected chi connectivity index (χ0v) is 13.2. The van der Waals surface area contributed by atoms with E-state index in [-0.39, 0.29) is 11.9 Å². The number of hydrogen-bond acceptors (Lipinski definition) is 3. The molecule has 5 heteroatoms. The molecule has 0 saturated heterocycles. The summed E-state index contributed by atoms with van der Waals surface area (Å²) >= 11 is 5.92. The number of nitrogens with zero attached hydrogens (tertiary/aromatic N) is 1. The Kier molecular flexibility index (Phi) is 6.82. The minimum atomic E-state index is -0.190. The Labute approximate surface area is 126 Å². The van der Waals surface area contributed by atoms with Crippen LogP contribution < -0.4 is 11.1 Å². The van der Waals surface area contributed by atoms with Crippen LogP contribution in [0.3, 0.4) is 0 Å². The lowest BCUT2D eigenvalue weighted by molar-refractivity contribution is -0.120. The van der Waals surface area contributed by atoms with Crippen molar-refractivity contribution >= 4 is 28.9 Å². The summed E-state index contributed by atoms with van der Waals surface area (Å²) in [4.78, 5) is 14.4. The van der Waals surface area contributed by atoms with Gasteiger partial charge in [0.1, 0.15) is 0 Å². The quantitative estimate of drug-likeness (QED) is 0.759. The number of nitrogen functional groups attached to an aromatic ring is 1. The van der Waals surface area contributed by atoms with Crippen molar-refractivity contribution in [2.24, 2.45) is 0 Å². The van der Waals surface area contributed by atoms with E-state index in [0.717, 1.165) is 25.9 Å². The molecule has 0 radical (unpaired) electrons. The molecule has 1 aromatic carbocycles. The monoisotopic (exact) mass is 297 g/mol. The van der Waals surface area contributed by atoms with E-state index in [9.17, 15) is 4.79 Å². The maximum absolute atomic E-state index is 12.3. The van der Waals surface area contributed by atoms with Crippen molar-refractivity contribution in [3.63, 3.8) is 0 Å². The molecule has 112 valence electrons. The predicted octanol–water partition coefficient (Wildman–Crippen LogP) is 3.37. The molecular weight excluding hydrogens is 274 g/mol. The molecule has 0 bridgehead atoms. The van der Waals surface area contributed by atoms with Gasteiger partial charge in [0.05, 0.1) is 17.4 Å². The van der Waals surface area contributed by atoms with Crippen LogP contribution in [0.5, 0.6) is 0 Å². The number of halogens is 1. The Bertz CT molecular complexity index is 451. The predicted molar refractivity (Wildman–Crippen MR) is 86.1 cm³/mol. The van der Waals surface area contributed by atoms with Gasteiger partial charge in [0.2, 0.25) is 5.91 Å². The van der Waals surface area contributed by atoms with Crippen LogP contribution in [-0.2, 0) is 4.79 Å². The highest BCUT2D eigenvalue weighted by atomic mass is 35.5. The zero-order chi connectivity index (χ0) is 15.1. The van der Waals surface area contributed by atoms with Crippen molar-refractivity contribution < 1.29 is 4.79 Å². The van der Waals surface area contributed by atoms with E-state index in [1.807, 2.05) is 6.92 Å². The average molecular weight is 298 g/mol. The number of amides is 1. The van der Waals surface area contributed by atoms with Crippen molar-refractivity contribution in [3.8, 4) is 0 Å². The van der Waals surface area contributed by atoms with E-state index in [2.05, 4.69) is 24.1 Å². The van der Waals surface area contributed by atoms with Crippen molar-refractivity contribution in [2.45, 2.75) is 39.7 Å². The fraction of sp³-hybridized carbons (Fsp3) is 0.533. The third-order valence-electron chi connectivity index (χ3n) is 3.41. The first-order valence-corrected chi connectivity index (χ1v) is 7.47. The van der Waals surface area contributed by atoms with Crippen molar-refractivity contribution in [3.05, 3.63) is 23.2 Å². The molecule has 0 heterocycles. The van der Waals surface area contributed by atoms with Gasteiger partial charge in [-0.25, -0.2) is 0 Å². The van der Waals surface area contributed by atoms with Crippen LogP contribution in [0.4, 0.5) is 11.4 Å². The number of nitrogens with one attached hydrogen (secondary N) is 1. The fourth-order valence-electron chi connectivity index (χ4n) is 2.03. The summed E-state index contributed by atoms with van der Waals surface area (Å²) in [6, 6.07) is 4.88. The summed E-state index contributed by atoms with van der Waals surface area (Å²) in [5.41, 5.74) is 6.93. The molecule has 0 aliphatic heterocycles. The molecule has 4 nitrogen and oxygen atoms in total. The summed E-state index contributed by atoms with van der Waals surface area (Å²) in [6.07, 6.45) is 2.21. The number of rotatable bonds is 7. The molecule has 1 rings (SSSR count). The largest absolute Gasteiger partial charge is 0.397 e. The molecule has 0 aliphatic carbocycles. The second kappa shape index (κ2) is 8.12. The minimum absolute atomic E-state index is 0.0584. The number of benzene rings is 1. The lowest BCUT2D eigenvalue weighted by Crippen LogP contribution is -2.42. The lowest BCUT2D eigenvalue weighted by Gasteiger charge is -2.27. The second-order valence-electron chi connectivity index (χ2n) is 4.88. The summed E-state index contributed by atoms with van der Waals surface area (Å²) < 4.78 is 0. The van der Waals surface area contributed by atoms with Crippen molar-refractivity contribution in [2.75, 3.05) is 24.1 Å². The van der Waals surface area contributed by atoms with E-state index in [1.54, 1.807) is 18.2 Å². The van der Waals surface area contributed by atoms with Crippen LogP contribution in [0.1, 0.15) is 33.6 Å². The van der Waals surface area contributed by atoms with Crippen molar-refractivity contribution in [1.29, 1.82) is 0 Å². The fourth-order valence-corrected chi connectivity index (χ4v) is 2.20. The zero-order valence-electron chi connectivity index (χ0n) is 12.4. The minimum Gasteiger partial charge on any atom is -0.397 e. The summed E-state index contributed by atoms with van der Waals surface area (Å²) in [7, 11) is 0. The van der Waals surface area contributed by atoms with Gasteiger partial charge < -0.3 is 11.1 Å². The Hall–Kier alpha value is -1.26. The van der Waals surface area contributed by atoms with Gasteiger partial charge in [-0.15, -0.1) is 0 Å². The van der Waals surface area contributed by atoms with Crippen LogP contribution in [0, 0.1) is 0 Å². The first-order chi connectivity index (χ1) is 9.49. The molecule has 1 atom stereocenters. The number of carbonyl (C=O) groups is 1. The van der Waals surface area contributed by atoms with E-state index in [0.29, 0.717) is 16.4 Å². The van der Waals surface area contributed by atoms with E-state index in [1.165, 1.54) is 0 Å². The summed E-state index contributed by atoms with van der Waals surface area (Å²) in [5.74, 6) is -0.0584. The Morgan fingerprint density at radius 3 is 2.75 bits per heavy atom. The lowest BCUT2D eigenvalue weighted by atomic mass is 10.2. The van der Waals surface area contributed by atoms with Gasteiger partial charge in [-0.3, -0.25) is 9.69 Å². The van der Waals surface area contributed by atoms with Gasteiger partial charge in [0.15, 0.2) is 0 Å². The molecule has 1 unspecified atom stereocenters. The molecule has 0 aliphatic rings. The first-order valence-electron chi connectivity index (χ1n) is 7.09. The number of carbonyl (C=O) groups excluding carboxylic acids is 1. The van der Waals surface area contributed by atoms with Crippen molar-refractivity contribution in [1.82, 2.24) is 4.90 Å². The first kappa shape index (κ1) is 16.8. The topological polar surface area (TPSA) is 58.4 Å². The third kappa shape index (κ3) is 4.69. The van der Waals surface area contributed by atoms with E-state index < -0.39 is 0 Å². The highest BCUT2D eigenvalue weighted by molar-refractivity contribution is 6.31. The Balaban J connectivity index is 2.71. The maximum atomic E-state index is 12.3. The van der Waals surface area contributed by atoms with Crippen LogP contribution in [-0.4, -0.2) is 29.9 Å². The molecule has 0 saturated carbocycles. The highest BCUT2D eigenvalue weighted by Crippen LogP contribution is 2.23. The van der Waals surface area contributed by atoms with Crippen LogP contribution >= 0.6 is 11.6 Å². The Morgan fingerprint density at radius 1 is 1.45 bits per heavy atom. The summed E-state index contributed by atoms with van der Waals surface area (Å²) in [5, 5.41) is 3.41. The molecular formula is C15H24ClN3O. The molecule has 20 heavy (non-hydrogen) atoms. The Morgan fingerprint density at radius 2 is 2.15 bits per heavy atom. The van der Waals surface area contributed by atoms with Crippen LogP contribution in [0.25, 0.3) is 0 Å². The second-order valence-corrected chi connectivity index (χ2v) is 5.32. The molecule has 0 fully saturated rings. The molecule has 0 aromatic heterocycles. The molecule has 1 aromatic rings. The SMILES string of the molecule is CCCCN(CC)C(C)C(=O)Nc1cc(Cl)ccc1N. The molecule has 0 spiro atoms. The number of anilines is 2. The van der Waals surface area contributed by atoms with Gasteiger partial charge >= 0.3 is 0 Å². The van der Waals surface area contributed by atoms with Crippen LogP contribution in [0.2, 0.25) is 5.02 Å². The highest BCUT2D eigenvalue weighted by Gasteiger charge is 2.20. The van der Waals surface area contributed by atoms with Gasteiger partial charge in [0, 0.05) is 5.02 Å². The number of nitrogens with two attached hydrogens (primary N) is 1. The van der Waals surface area contributed by atoms with Gasteiger partial charge in [-0.1, -0.05) is 31.9 Å². The van der Waals surface area contributed by atoms with Gasteiger partial charge in [-0.05, 0) is 44.6 Å². The number of likely N-dealkylation sites (N-methyl/N-ethyl adjacent to an activating group) is 1. The van der Waals surface area contributed by atoms with Gasteiger partial charge in [-0.2, -0.15) is 0 Å². The molecule has 1 amide bonds. The maximum Gasteiger partial charge on any atom is 0.241 e. The number of unbranched alkanes of at least 4 members (excludes halogenated alkanes) is 1. The number of hydrogen-bond donors (Lipinski definition) is 2. The van der Waals surface area contributed by atoms with E-state index >= 15 is 0 Å². The molecule has 3 N–H and O–H groups in total. The standard InChI is InChI=1S/C15H24ClN3O/c1-4-6-9-19(5-2)11(3)15(20)18-14-10-12(16)7-8-13(14)17/h7-8,10-11H,4-6,9,17H2,1-3H3,(H,18,20). The smallest absolute Gasteiger partial charge is 0.241 e. The van der Waals surface area contributed by atoms with E-state index in [4.69, 9.17) is 17.3 Å². The third-order valence-corrected chi connectivity index (χ3v) is 3.64. The average Bonchev–Trinajstić information content (AvgIpc) is 2.43.